The van der Waals surface area contributed by atoms with Crippen molar-refractivity contribution in [2.45, 2.75) is 0 Å². The molecule has 0 fully saturated rings. The van der Waals surface area contributed by atoms with Gasteiger partial charge < -0.3 is 4.42 Å². The zero-order valence-electron chi connectivity index (χ0n) is 19.6. The summed E-state index contributed by atoms with van der Waals surface area (Å²) in [5.41, 5.74) is 6.87. The monoisotopic (exact) mass is 493 g/mol. The van der Waals surface area contributed by atoms with Gasteiger partial charge >= 0.3 is 0 Å². The van der Waals surface area contributed by atoms with Crippen molar-refractivity contribution in [3.8, 4) is 28.5 Å². The topological polar surface area (TPSA) is 43.9 Å². The number of thiophene rings is 1. The minimum absolute atomic E-state index is 0.693. The molecule has 0 atom stereocenters. The summed E-state index contributed by atoms with van der Waals surface area (Å²) in [6.45, 7) is 0. The lowest BCUT2D eigenvalue weighted by molar-refractivity contribution is 0.671. The van der Waals surface area contributed by atoms with Gasteiger partial charge in [0.15, 0.2) is 11.4 Å². The van der Waals surface area contributed by atoms with E-state index in [-0.39, 0.29) is 0 Å². The van der Waals surface area contributed by atoms with Gasteiger partial charge in [-0.2, -0.15) is 0 Å². The molecule has 174 valence electrons. The SMILES string of the molecule is c1ccc(-c2cc(-n3c4ccccc4c4sc5c6ccccc6oc5c43)nc(-c3ccccc3)n2)cc1. The summed E-state index contributed by atoms with van der Waals surface area (Å²) >= 11 is 1.79. The van der Waals surface area contributed by atoms with Crippen LogP contribution in [0.3, 0.4) is 0 Å². The van der Waals surface area contributed by atoms with Gasteiger partial charge in [0.1, 0.15) is 16.9 Å². The summed E-state index contributed by atoms with van der Waals surface area (Å²) in [4.78, 5) is 10.1. The first kappa shape index (κ1) is 20.5. The van der Waals surface area contributed by atoms with E-state index in [0.717, 1.165) is 50.2 Å². The highest BCUT2D eigenvalue weighted by Gasteiger charge is 2.23. The lowest BCUT2D eigenvalue weighted by Crippen LogP contribution is -2.02. The molecule has 0 N–H and O–H groups in total. The van der Waals surface area contributed by atoms with Crippen molar-refractivity contribution in [3.05, 3.63) is 115 Å². The number of para-hydroxylation sites is 2. The molecule has 4 heterocycles. The number of nitrogens with zero attached hydrogens (tertiary/aromatic N) is 3. The second kappa shape index (κ2) is 7.88. The molecular weight excluding hydrogens is 474 g/mol. The molecule has 4 nitrogen and oxygen atoms in total. The smallest absolute Gasteiger partial charge is 0.170 e. The van der Waals surface area contributed by atoms with Crippen molar-refractivity contribution < 1.29 is 4.42 Å². The largest absolute Gasteiger partial charge is 0.453 e. The molecule has 0 saturated carbocycles. The Bertz CT molecular complexity index is 2030. The first-order valence-electron chi connectivity index (χ1n) is 12.2. The third kappa shape index (κ3) is 3.08. The van der Waals surface area contributed by atoms with E-state index >= 15 is 0 Å². The molecule has 4 aromatic heterocycles. The van der Waals surface area contributed by atoms with Gasteiger partial charge in [0.2, 0.25) is 0 Å². The van der Waals surface area contributed by atoms with Gasteiger partial charge in [0, 0.05) is 28.0 Å². The Hall–Kier alpha value is -4.74. The van der Waals surface area contributed by atoms with Crippen LogP contribution in [0.15, 0.2) is 120 Å². The van der Waals surface area contributed by atoms with Gasteiger partial charge in [-0.3, -0.25) is 4.57 Å². The summed E-state index contributed by atoms with van der Waals surface area (Å²) in [6.07, 6.45) is 0. The quantitative estimate of drug-likeness (QED) is 0.247. The molecular formula is C32H19N3OS. The molecule has 0 aliphatic carbocycles. The predicted molar refractivity (Wildman–Crippen MR) is 152 cm³/mol. The maximum absolute atomic E-state index is 6.47. The van der Waals surface area contributed by atoms with Crippen molar-refractivity contribution in [2.24, 2.45) is 0 Å². The Balaban J connectivity index is 1.51. The Morgan fingerprint density at radius 2 is 1.30 bits per heavy atom. The summed E-state index contributed by atoms with van der Waals surface area (Å²) in [5.74, 6) is 1.51. The molecule has 0 aliphatic heterocycles. The van der Waals surface area contributed by atoms with E-state index in [4.69, 9.17) is 14.4 Å². The summed E-state index contributed by atoms with van der Waals surface area (Å²) < 4.78 is 11.1. The number of benzene rings is 4. The van der Waals surface area contributed by atoms with Gasteiger partial charge in [-0.05, 0) is 18.2 Å². The van der Waals surface area contributed by atoms with Crippen molar-refractivity contribution >= 4 is 53.7 Å². The van der Waals surface area contributed by atoms with Crippen molar-refractivity contribution in [3.63, 3.8) is 0 Å². The average molecular weight is 494 g/mol. The van der Waals surface area contributed by atoms with Crippen LogP contribution in [0.4, 0.5) is 0 Å². The Kier molecular flexibility index (Phi) is 4.36. The van der Waals surface area contributed by atoms with Gasteiger partial charge in [-0.1, -0.05) is 91.0 Å². The van der Waals surface area contributed by atoms with Gasteiger partial charge in [0.05, 0.1) is 20.6 Å². The molecule has 8 rings (SSSR count). The van der Waals surface area contributed by atoms with Crippen LogP contribution < -0.4 is 0 Å². The number of furan rings is 1. The van der Waals surface area contributed by atoms with Gasteiger partial charge in [-0.25, -0.2) is 9.97 Å². The van der Waals surface area contributed by atoms with E-state index in [2.05, 4.69) is 71.3 Å². The molecule has 8 aromatic rings. The molecule has 0 aliphatic rings. The summed E-state index contributed by atoms with van der Waals surface area (Å²) in [6, 6.07) is 39.3. The second-order valence-electron chi connectivity index (χ2n) is 9.06. The van der Waals surface area contributed by atoms with Crippen LogP contribution >= 0.6 is 11.3 Å². The highest BCUT2D eigenvalue weighted by molar-refractivity contribution is 7.27. The summed E-state index contributed by atoms with van der Waals surface area (Å²) in [5, 5.41) is 2.34. The number of hydrogen-bond donors (Lipinski definition) is 0. The number of aromatic nitrogens is 3. The van der Waals surface area contributed by atoms with E-state index < -0.39 is 0 Å². The lowest BCUT2D eigenvalue weighted by Gasteiger charge is -2.11. The molecule has 0 unspecified atom stereocenters. The predicted octanol–water partition coefficient (Wildman–Crippen LogP) is 8.87. The minimum Gasteiger partial charge on any atom is -0.453 e. The van der Waals surface area contributed by atoms with E-state index in [1.165, 1.54) is 14.8 Å². The average Bonchev–Trinajstić information content (AvgIpc) is 3.61. The van der Waals surface area contributed by atoms with Crippen molar-refractivity contribution in [2.75, 3.05) is 0 Å². The fourth-order valence-electron chi connectivity index (χ4n) is 5.16. The van der Waals surface area contributed by atoms with Crippen LogP contribution in [0.1, 0.15) is 0 Å². The van der Waals surface area contributed by atoms with E-state index in [1.807, 2.05) is 48.5 Å². The Labute approximate surface area is 216 Å². The fraction of sp³-hybridized carbons (Fsp3) is 0. The van der Waals surface area contributed by atoms with E-state index in [9.17, 15) is 0 Å². The highest BCUT2D eigenvalue weighted by Crippen LogP contribution is 2.46. The maximum Gasteiger partial charge on any atom is 0.170 e. The Morgan fingerprint density at radius 3 is 2.11 bits per heavy atom. The minimum atomic E-state index is 0.693. The lowest BCUT2D eigenvalue weighted by atomic mass is 10.1. The fourth-order valence-corrected chi connectivity index (χ4v) is 6.44. The number of hydrogen-bond acceptors (Lipinski definition) is 4. The first-order valence-corrected chi connectivity index (χ1v) is 13.0. The van der Waals surface area contributed by atoms with Crippen molar-refractivity contribution in [1.29, 1.82) is 0 Å². The standard InChI is InChI=1S/C32H19N3OS/c1-3-11-20(12-4-1)24-19-27(34-32(33-24)21-13-5-2-6-14-21)35-25-17-9-7-15-22(25)30-28(35)29-31(37-30)23-16-8-10-18-26(23)36-29/h1-19H. The zero-order valence-corrected chi connectivity index (χ0v) is 20.4. The van der Waals surface area contributed by atoms with Crippen LogP contribution in [0.25, 0.3) is 70.8 Å². The third-order valence-corrected chi connectivity index (χ3v) is 8.07. The van der Waals surface area contributed by atoms with Crippen molar-refractivity contribution in [1.82, 2.24) is 14.5 Å². The third-order valence-electron chi connectivity index (χ3n) is 6.84. The summed E-state index contributed by atoms with van der Waals surface area (Å²) in [7, 11) is 0. The molecule has 0 saturated heterocycles. The second-order valence-corrected chi connectivity index (χ2v) is 10.1. The van der Waals surface area contributed by atoms with Gasteiger partial charge in [0.25, 0.3) is 0 Å². The number of rotatable bonds is 3. The zero-order chi connectivity index (χ0) is 24.3. The molecule has 0 bridgehead atoms. The van der Waals surface area contributed by atoms with Crippen LogP contribution in [0.2, 0.25) is 0 Å². The van der Waals surface area contributed by atoms with Gasteiger partial charge in [-0.15, -0.1) is 11.3 Å². The molecule has 4 aromatic carbocycles. The van der Waals surface area contributed by atoms with Crippen LogP contribution in [-0.4, -0.2) is 14.5 Å². The number of fused-ring (bicyclic) bond motifs is 7. The maximum atomic E-state index is 6.47. The van der Waals surface area contributed by atoms with E-state index in [0.29, 0.717) is 5.82 Å². The Morgan fingerprint density at radius 1 is 0.622 bits per heavy atom. The van der Waals surface area contributed by atoms with E-state index in [1.54, 1.807) is 11.3 Å². The molecule has 5 heteroatoms. The van der Waals surface area contributed by atoms with Crippen LogP contribution in [0.5, 0.6) is 0 Å². The first-order chi connectivity index (χ1) is 18.3. The highest BCUT2D eigenvalue weighted by atomic mass is 32.1. The molecule has 0 amide bonds. The normalized spacial score (nSPS) is 11.8. The molecule has 0 radical (unpaired) electrons. The van der Waals surface area contributed by atoms with Crippen LogP contribution in [-0.2, 0) is 0 Å². The molecule has 37 heavy (non-hydrogen) atoms. The van der Waals surface area contributed by atoms with Crippen LogP contribution in [0, 0.1) is 0 Å². The molecule has 0 spiro atoms.